The normalized spacial score (nSPS) is 11.0. The Hall–Kier alpha value is -2.80. The number of tetrazole rings is 1. The van der Waals surface area contributed by atoms with Crippen LogP contribution in [0.3, 0.4) is 0 Å². The molecule has 3 heterocycles. The van der Waals surface area contributed by atoms with Gasteiger partial charge >= 0.3 is 0 Å². The maximum Gasteiger partial charge on any atom is 0.206 e. The summed E-state index contributed by atoms with van der Waals surface area (Å²) in [5.74, 6) is 0.537. The molecule has 3 N–H and O–H groups in total. The van der Waals surface area contributed by atoms with E-state index in [0.29, 0.717) is 5.82 Å². The Morgan fingerprint density at radius 3 is 2.81 bits per heavy atom. The predicted octanol–water partition coefficient (Wildman–Crippen LogP) is 2.73. The minimum absolute atomic E-state index is 0.537. The van der Waals surface area contributed by atoms with E-state index in [0.717, 1.165) is 27.1 Å². The summed E-state index contributed by atoms with van der Waals surface area (Å²) < 4.78 is 1.20. The summed E-state index contributed by atoms with van der Waals surface area (Å²) in [6.45, 7) is 0. The Morgan fingerprint density at radius 2 is 1.95 bits per heavy atom. The van der Waals surface area contributed by atoms with Crippen LogP contribution < -0.4 is 5.73 Å². The van der Waals surface area contributed by atoms with E-state index in [1.165, 1.54) is 4.70 Å². The van der Waals surface area contributed by atoms with Crippen molar-refractivity contribution in [2.24, 2.45) is 0 Å². The van der Waals surface area contributed by atoms with Gasteiger partial charge in [-0.15, -0.1) is 21.5 Å². The van der Waals surface area contributed by atoms with E-state index in [1.807, 2.05) is 30.5 Å². The fourth-order valence-corrected chi connectivity index (χ4v) is 3.21. The molecule has 0 fully saturated rings. The third kappa shape index (κ3) is 2.13. The van der Waals surface area contributed by atoms with Crippen molar-refractivity contribution in [3.8, 4) is 21.8 Å². The highest BCUT2D eigenvalue weighted by Crippen LogP contribution is 2.35. The van der Waals surface area contributed by atoms with Gasteiger partial charge in [-0.05, 0) is 40.9 Å². The van der Waals surface area contributed by atoms with Crippen molar-refractivity contribution in [3.63, 3.8) is 0 Å². The highest BCUT2D eigenvalue weighted by atomic mass is 32.1. The Kier molecular flexibility index (Phi) is 2.65. The SMILES string of the molecule is Nc1ccc2sc(-c3cncc(-c4nn[nH]n4)c3)cc2c1. The molecule has 0 atom stereocenters. The largest absolute Gasteiger partial charge is 0.399 e. The van der Waals surface area contributed by atoms with Gasteiger partial charge < -0.3 is 5.73 Å². The predicted molar refractivity (Wildman–Crippen MR) is 82.6 cm³/mol. The zero-order valence-electron chi connectivity index (χ0n) is 10.8. The number of hydrogen-bond acceptors (Lipinski definition) is 6. The molecule has 0 amide bonds. The van der Waals surface area contributed by atoms with E-state index in [-0.39, 0.29) is 0 Å². The number of fused-ring (bicyclic) bond motifs is 1. The van der Waals surface area contributed by atoms with Gasteiger partial charge in [0.1, 0.15) is 0 Å². The number of nitrogen functional groups attached to an aromatic ring is 1. The van der Waals surface area contributed by atoms with Gasteiger partial charge in [0.15, 0.2) is 0 Å². The number of rotatable bonds is 2. The van der Waals surface area contributed by atoms with Crippen LogP contribution in [0.15, 0.2) is 42.7 Å². The number of aromatic nitrogens is 5. The fourth-order valence-electron chi connectivity index (χ4n) is 2.19. The maximum absolute atomic E-state index is 5.83. The van der Waals surface area contributed by atoms with E-state index < -0.39 is 0 Å². The van der Waals surface area contributed by atoms with Crippen molar-refractivity contribution in [1.29, 1.82) is 0 Å². The molecule has 3 aromatic heterocycles. The molecular weight excluding hydrogens is 284 g/mol. The van der Waals surface area contributed by atoms with Gasteiger partial charge in [0.2, 0.25) is 5.82 Å². The Labute approximate surface area is 123 Å². The lowest BCUT2D eigenvalue weighted by atomic mass is 10.1. The van der Waals surface area contributed by atoms with Crippen molar-refractivity contribution in [3.05, 3.63) is 42.7 Å². The van der Waals surface area contributed by atoms with Crippen LogP contribution in [-0.4, -0.2) is 25.6 Å². The summed E-state index contributed by atoms with van der Waals surface area (Å²) >= 11 is 1.71. The van der Waals surface area contributed by atoms with Gasteiger partial charge in [0.05, 0.1) is 0 Å². The van der Waals surface area contributed by atoms with Crippen molar-refractivity contribution in [1.82, 2.24) is 25.6 Å². The summed E-state index contributed by atoms with van der Waals surface area (Å²) in [5, 5.41) is 15.1. The molecule has 102 valence electrons. The summed E-state index contributed by atoms with van der Waals surface area (Å²) in [7, 11) is 0. The van der Waals surface area contributed by atoms with Crippen molar-refractivity contribution >= 4 is 27.1 Å². The van der Waals surface area contributed by atoms with E-state index in [1.54, 1.807) is 17.5 Å². The second-order valence-electron chi connectivity index (χ2n) is 4.61. The van der Waals surface area contributed by atoms with Gasteiger partial charge in [-0.25, -0.2) is 0 Å². The molecule has 0 aliphatic heterocycles. The number of nitrogens with one attached hydrogen (secondary N) is 1. The maximum atomic E-state index is 5.83. The molecule has 6 nitrogen and oxygen atoms in total. The van der Waals surface area contributed by atoms with Gasteiger partial charge in [-0.2, -0.15) is 5.21 Å². The Balaban J connectivity index is 1.83. The first kappa shape index (κ1) is 12.0. The van der Waals surface area contributed by atoms with Crippen LogP contribution in [0.4, 0.5) is 5.69 Å². The molecule has 1 aromatic carbocycles. The van der Waals surface area contributed by atoms with Gasteiger partial charge in [-0.3, -0.25) is 4.98 Å². The lowest BCUT2D eigenvalue weighted by molar-refractivity contribution is 0.881. The molecule has 0 bridgehead atoms. The average Bonchev–Trinajstić information content (AvgIpc) is 3.16. The van der Waals surface area contributed by atoms with E-state index in [4.69, 9.17) is 5.73 Å². The highest BCUT2D eigenvalue weighted by molar-refractivity contribution is 7.22. The molecule has 0 spiro atoms. The van der Waals surface area contributed by atoms with Crippen LogP contribution >= 0.6 is 11.3 Å². The summed E-state index contributed by atoms with van der Waals surface area (Å²) in [4.78, 5) is 5.40. The zero-order valence-corrected chi connectivity index (χ0v) is 11.6. The van der Waals surface area contributed by atoms with Crippen molar-refractivity contribution in [2.45, 2.75) is 0 Å². The van der Waals surface area contributed by atoms with Crippen LogP contribution in [0.1, 0.15) is 0 Å². The lowest BCUT2D eigenvalue weighted by Gasteiger charge is -1.98. The number of anilines is 1. The number of benzene rings is 1. The number of nitrogens with two attached hydrogens (primary N) is 1. The lowest BCUT2D eigenvalue weighted by Crippen LogP contribution is -1.84. The summed E-state index contributed by atoms with van der Waals surface area (Å²) in [6.07, 6.45) is 3.55. The third-order valence-corrected chi connectivity index (χ3v) is 4.33. The van der Waals surface area contributed by atoms with Gasteiger partial charge in [0.25, 0.3) is 0 Å². The smallest absolute Gasteiger partial charge is 0.206 e. The third-order valence-electron chi connectivity index (χ3n) is 3.17. The van der Waals surface area contributed by atoms with Crippen LogP contribution in [0, 0.1) is 0 Å². The first-order chi connectivity index (χ1) is 10.3. The van der Waals surface area contributed by atoms with Crippen LogP contribution in [0.25, 0.3) is 31.9 Å². The molecular formula is C14H10N6S. The van der Waals surface area contributed by atoms with Gasteiger partial charge in [0, 0.05) is 38.8 Å². The van der Waals surface area contributed by atoms with E-state index >= 15 is 0 Å². The molecule has 0 radical (unpaired) electrons. The Morgan fingerprint density at radius 1 is 1.05 bits per heavy atom. The minimum Gasteiger partial charge on any atom is -0.399 e. The van der Waals surface area contributed by atoms with Crippen molar-refractivity contribution < 1.29 is 0 Å². The molecule has 7 heteroatoms. The molecule has 0 aliphatic rings. The number of nitrogens with zero attached hydrogens (tertiary/aromatic N) is 4. The van der Waals surface area contributed by atoms with E-state index in [9.17, 15) is 0 Å². The van der Waals surface area contributed by atoms with Gasteiger partial charge in [-0.1, -0.05) is 0 Å². The van der Waals surface area contributed by atoms with Crippen LogP contribution in [0.2, 0.25) is 0 Å². The van der Waals surface area contributed by atoms with Crippen LogP contribution in [0.5, 0.6) is 0 Å². The standard InChI is InChI=1S/C14H10N6S/c15-11-1-2-12-8(4-11)5-13(21-12)9-3-10(7-16-6-9)14-17-19-20-18-14/h1-7H,15H2,(H,17,18,19,20). The number of thiophene rings is 1. The highest BCUT2D eigenvalue weighted by Gasteiger charge is 2.08. The fraction of sp³-hybridized carbons (Fsp3) is 0. The molecule has 21 heavy (non-hydrogen) atoms. The first-order valence-electron chi connectivity index (χ1n) is 6.28. The molecule has 4 rings (SSSR count). The number of H-pyrrole nitrogens is 1. The molecule has 4 aromatic rings. The number of aromatic amines is 1. The Bertz CT molecular complexity index is 912. The van der Waals surface area contributed by atoms with Crippen molar-refractivity contribution in [2.75, 3.05) is 5.73 Å². The number of hydrogen-bond donors (Lipinski definition) is 2. The summed E-state index contributed by atoms with van der Waals surface area (Å²) in [6, 6.07) is 10.1. The second-order valence-corrected chi connectivity index (χ2v) is 5.69. The second kappa shape index (κ2) is 4.64. The molecule has 0 aliphatic carbocycles. The summed E-state index contributed by atoms with van der Waals surface area (Å²) in [5.41, 5.74) is 8.45. The van der Waals surface area contributed by atoms with E-state index in [2.05, 4.69) is 31.7 Å². The first-order valence-corrected chi connectivity index (χ1v) is 7.09. The molecule has 0 saturated carbocycles. The topological polar surface area (TPSA) is 93.4 Å². The zero-order chi connectivity index (χ0) is 14.2. The number of pyridine rings is 1. The van der Waals surface area contributed by atoms with Crippen LogP contribution in [-0.2, 0) is 0 Å². The average molecular weight is 294 g/mol. The molecule has 0 unspecified atom stereocenters. The molecule has 0 saturated heterocycles. The monoisotopic (exact) mass is 294 g/mol. The quantitative estimate of drug-likeness (QED) is 0.554. The minimum atomic E-state index is 0.537.